The number of hydrogen-bond donors (Lipinski definition) is 0. The molecule has 1 heterocycles. The van der Waals surface area contributed by atoms with Crippen molar-refractivity contribution >= 4 is 21.6 Å². The Hall–Kier alpha value is -2.34. The van der Waals surface area contributed by atoms with Gasteiger partial charge in [0, 0.05) is 25.7 Å². The molecule has 0 radical (unpaired) electrons. The standard InChI is InChI=1S/C22H28N2O3S/c1-17-15-20(9-10-21(17)23(2)28(3,26)27)22(25)24-13-11-19(12-14-24)16-18-7-5-4-6-8-18/h4-10,15,19H,11-14,16H2,1-3H3. The van der Waals surface area contributed by atoms with Crippen LogP contribution in [0.15, 0.2) is 48.5 Å². The highest BCUT2D eigenvalue weighted by molar-refractivity contribution is 7.92. The van der Waals surface area contributed by atoms with Gasteiger partial charge < -0.3 is 4.90 Å². The van der Waals surface area contributed by atoms with Crippen LogP contribution in [-0.2, 0) is 16.4 Å². The summed E-state index contributed by atoms with van der Waals surface area (Å²) < 4.78 is 24.8. The monoisotopic (exact) mass is 400 g/mol. The van der Waals surface area contributed by atoms with Crippen molar-refractivity contribution in [3.8, 4) is 0 Å². The summed E-state index contributed by atoms with van der Waals surface area (Å²) in [4.78, 5) is 14.8. The van der Waals surface area contributed by atoms with Crippen LogP contribution < -0.4 is 4.31 Å². The van der Waals surface area contributed by atoms with E-state index in [-0.39, 0.29) is 5.91 Å². The number of likely N-dealkylation sites (tertiary alicyclic amines) is 1. The minimum Gasteiger partial charge on any atom is -0.339 e. The highest BCUT2D eigenvalue weighted by Crippen LogP contribution is 2.25. The smallest absolute Gasteiger partial charge is 0.253 e. The fraction of sp³-hybridized carbons (Fsp3) is 0.409. The molecule has 0 N–H and O–H groups in total. The summed E-state index contributed by atoms with van der Waals surface area (Å²) in [5, 5.41) is 0. The lowest BCUT2D eigenvalue weighted by Crippen LogP contribution is -2.39. The first-order chi connectivity index (χ1) is 13.3. The number of amides is 1. The molecular weight excluding hydrogens is 372 g/mol. The zero-order chi connectivity index (χ0) is 20.3. The van der Waals surface area contributed by atoms with Crippen molar-refractivity contribution in [1.82, 2.24) is 4.90 Å². The molecular formula is C22H28N2O3S. The molecule has 150 valence electrons. The van der Waals surface area contributed by atoms with Gasteiger partial charge in [-0.25, -0.2) is 8.42 Å². The number of carbonyl (C=O) groups excluding carboxylic acids is 1. The quantitative estimate of drug-likeness (QED) is 0.772. The molecule has 0 bridgehead atoms. The SMILES string of the molecule is Cc1cc(C(=O)N2CCC(Cc3ccccc3)CC2)ccc1N(C)S(C)(=O)=O. The lowest BCUT2D eigenvalue weighted by Gasteiger charge is -2.32. The maximum atomic E-state index is 12.9. The zero-order valence-corrected chi connectivity index (χ0v) is 17.6. The molecule has 0 aliphatic carbocycles. The number of piperidine rings is 1. The van der Waals surface area contributed by atoms with Gasteiger partial charge in [-0.3, -0.25) is 9.10 Å². The third-order valence-electron chi connectivity index (χ3n) is 5.55. The topological polar surface area (TPSA) is 57.7 Å². The second-order valence-electron chi connectivity index (χ2n) is 7.66. The summed E-state index contributed by atoms with van der Waals surface area (Å²) >= 11 is 0. The first-order valence-electron chi connectivity index (χ1n) is 9.63. The van der Waals surface area contributed by atoms with Gasteiger partial charge in [0.1, 0.15) is 0 Å². The minimum absolute atomic E-state index is 0.0230. The van der Waals surface area contributed by atoms with Gasteiger partial charge in [-0.1, -0.05) is 30.3 Å². The van der Waals surface area contributed by atoms with E-state index in [0.29, 0.717) is 17.2 Å². The highest BCUT2D eigenvalue weighted by atomic mass is 32.2. The Kier molecular flexibility index (Phi) is 6.08. The van der Waals surface area contributed by atoms with E-state index in [9.17, 15) is 13.2 Å². The first-order valence-corrected chi connectivity index (χ1v) is 11.5. The Labute approximate surface area is 168 Å². The second-order valence-corrected chi connectivity index (χ2v) is 9.67. The van der Waals surface area contributed by atoms with E-state index in [1.807, 2.05) is 17.9 Å². The Bertz CT molecular complexity index is 934. The van der Waals surface area contributed by atoms with E-state index in [1.54, 1.807) is 18.2 Å². The van der Waals surface area contributed by atoms with Gasteiger partial charge in [-0.2, -0.15) is 0 Å². The van der Waals surface area contributed by atoms with E-state index in [4.69, 9.17) is 0 Å². The number of aryl methyl sites for hydroxylation is 1. The van der Waals surface area contributed by atoms with Crippen molar-refractivity contribution in [1.29, 1.82) is 0 Å². The average molecular weight is 401 g/mol. The normalized spacial score (nSPS) is 15.5. The van der Waals surface area contributed by atoms with Crippen LogP contribution in [0.5, 0.6) is 0 Å². The van der Waals surface area contributed by atoms with E-state index < -0.39 is 10.0 Å². The number of sulfonamides is 1. The summed E-state index contributed by atoms with van der Waals surface area (Å²) in [6.45, 7) is 3.36. The second kappa shape index (κ2) is 8.35. The first kappa shape index (κ1) is 20.4. The van der Waals surface area contributed by atoms with Gasteiger partial charge >= 0.3 is 0 Å². The van der Waals surface area contributed by atoms with Crippen LogP contribution in [0.2, 0.25) is 0 Å². The molecule has 0 atom stereocenters. The number of benzene rings is 2. The Morgan fingerprint density at radius 1 is 1.11 bits per heavy atom. The Balaban J connectivity index is 1.63. The maximum absolute atomic E-state index is 12.9. The predicted octanol–water partition coefficient (Wildman–Crippen LogP) is 3.49. The number of rotatable bonds is 5. The molecule has 0 saturated carbocycles. The van der Waals surface area contributed by atoms with E-state index in [2.05, 4.69) is 24.3 Å². The summed E-state index contributed by atoms with van der Waals surface area (Å²) in [6, 6.07) is 15.7. The van der Waals surface area contributed by atoms with Crippen LogP contribution in [0.1, 0.15) is 34.3 Å². The molecule has 3 rings (SSSR count). The van der Waals surface area contributed by atoms with Crippen LogP contribution in [0.25, 0.3) is 0 Å². The predicted molar refractivity (Wildman–Crippen MR) is 113 cm³/mol. The van der Waals surface area contributed by atoms with Crippen LogP contribution in [0.4, 0.5) is 5.69 Å². The molecule has 28 heavy (non-hydrogen) atoms. The summed E-state index contributed by atoms with van der Waals surface area (Å²) in [7, 11) is -1.80. The third-order valence-corrected chi connectivity index (χ3v) is 6.74. The molecule has 1 amide bonds. The minimum atomic E-state index is -3.33. The number of anilines is 1. The van der Waals surface area contributed by atoms with Gasteiger partial charge in [-0.05, 0) is 61.4 Å². The lowest BCUT2D eigenvalue weighted by atomic mass is 9.90. The average Bonchev–Trinajstić information content (AvgIpc) is 2.67. The van der Waals surface area contributed by atoms with Crippen molar-refractivity contribution in [2.75, 3.05) is 30.7 Å². The van der Waals surface area contributed by atoms with Crippen molar-refractivity contribution in [3.63, 3.8) is 0 Å². The Morgan fingerprint density at radius 3 is 2.32 bits per heavy atom. The van der Waals surface area contributed by atoms with Crippen LogP contribution in [0, 0.1) is 12.8 Å². The maximum Gasteiger partial charge on any atom is 0.253 e. The largest absolute Gasteiger partial charge is 0.339 e. The van der Waals surface area contributed by atoms with Crippen molar-refractivity contribution in [2.45, 2.75) is 26.2 Å². The number of hydrogen-bond acceptors (Lipinski definition) is 3. The summed E-state index contributed by atoms with van der Waals surface area (Å²) in [5.41, 5.74) is 3.34. The molecule has 1 saturated heterocycles. The molecule has 0 spiro atoms. The van der Waals surface area contributed by atoms with Gasteiger partial charge in [-0.15, -0.1) is 0 Å². The molecule has 5 nitrogen and oxygen atoms in total. The lowest BCUT2D eigenvalue weighted by molar-refractivity contribution is 0.0690. The van der Waals surface area contributed by atoms with Crippen LogP contribution in [-0.4, -0.2) is 45.6 Å². The number of nitrogens with zero attached hydrogens (tertiary/aromatic N) is 2. The molecule has 0 unspecified atom stereocenters. The van der Waals surface area contributed by atoms with Gasteiger partial charge in [0.2, 0.25) is 10.0 Å². The van der Waals surface area contributed by atoms with Crippen LogP contribution in [0.3, 0.4) is 0 Å². The molecule has 1 aliphatic rings. The van der Waals surface area contributed by atoms with Crippen LogP contribution >= 0.6 is 0 Å². The fourth-order valence-corrected chi connectivity index (χ4v) is 4.35. The molecule has 6 heteroatoms. The molecule has 1 fully saturated rings. The molecule has 2 aromatic rings. The highest BCUT2D eigenvalue weighted by Gasteiger charge is 2.24. The third kappa shape index (κ3) is 4.73. The van der Waals surface area contributed by atoms with Gasteiger partial charge in [0.25, 0.3) is 5.91 Å². The van der Waals surface area contributed by atoms with E-state index in [0.717, 1.165) is 37.9 Å². The zero-order valence-electron chi connectivity index (χ0n) is 16.8. The van der Waals surface area contributed by atoms with Crippen molar-refractivity contribution in [2.24, 2.45) is 5.92 Å². The van der Waals surface area contributed by atoms with Crippen molar-refractivity contribution in [3.05, 3.63) is 65.2 Å². The molecule has 2 aromatic carbocycles. The van der Waals surface area contributed by atoms with E-state index in [1.165, 1.54) is 23.2 Å². The summed E-state index contributed by atoms with van der Waals surface area (Å²) in [5.74, 6) is 0.633. The number of carbonyl (C=O) groups is 1. The molecule has 1 aliphatic heterocycles. The van der Waals surface area contributed by atoms with Crippen molar-refractivity contribution < 1.29 is 13.2 Å². The van der Waals surface area contributed by atoms with Gasteiger partial charge in [0.05, 0.1) is 11.9 Å². The Morgan fingerprint density at radius 2 is 1.75 bits per heavy atom. The van der Waals surface area contributed by atoms with Gasteiger partial charge in [0.15, 0.2) is 0 Å². The fourth-order valence-electron chi connectivity index (χ4n) is 3.79. The van der Waals surface area contributed by atoms with E-state index >= 15 is 0 Å². The summed E-state index contributed by atoms with van der Waals surface area (Å²) in [6.07, 6.45) is 4.25. The molecule has 0 aromatic heterocycles.